The third-order valence-corrected chi connectivity index (χ3v) is 5.25. The first-order chi connectivity index (χ1) is 15.0. The minimum atomic E-state index is -0.401. The number of methoxy groups -OCH3 is 2. The van der Waals surface area contributed by atoms with Gasteiger partial charge in [0, 0.05) is 48.5 Å². The number of halogens is 1. The molecule has 3 N–H and O–H groups in total. The van der Waals surface area contributed by atoms with Crippen LogP contribution in [0.5, 0.6) is 17.2 Å². The minimum absolute atomic E-state index is 0.132. The van der Waals surface area contributed by atoms with Crippen LogP contribution in [0.4, 0.5) is 10.5 Å². The number of carbonyl (C=O) groups excluding carboxylic acids is 1. The Hall–Kier alpha value is -2.68. The average molecular weight is 450 g/mol. The van der Waals surface area contributed by atoms with Crippen molar-refractivity contribution in [2.75, 3.05) is 45.8 Å². The number of hydrogen-bond donors (Lipinski definition) is 3. The lowest BCUT2D eigenvalue weighted by molar-refractivity contribution is 0.0168. The Bertz CT molecular complexity index is 836. The Morgan fingerprint density at radius 1 is 1.13 bits per heavy atom. The van der Waals surface area contributed by atoms with Crippen LogP contribution in [0.25, 0.3) is 0 Å². The molecule has 0 aliphatic carbocycles. The first-order valence-electron chi connectivity index (χ1n) is 10.0. The molecule has 0 bridgehead atoms. The van der Waals surface area contributed by atoms with E-state index in [9.17, 15) is 9.90 Å². The smallest absolute Gasteiger partial charge is 0.319 e. The summed E-state index contributed by atoms with van der Waals surface area (Å²) < 4.78 is 16.3. The van der Waals surface area contributed by atoms with Crippen LogP contribution in [0.3, 0.4) is 0 Å². The molecule has 0 spiro atoms. The van der Waals surface area contributed by atoms with Gasteiger partial charge in [-0.05, 0) is 30.7 Å². The molecule has 9 heteroatoms. The number of amides is 2. The molecule has 8 nitrogen and oxygen atoms in total. The van der Waals surface area contributed by atoms with Crippen LogP contribution in [-0.2, 0) is 0 Å². The Labute approximate surface area is 187 Å². The van der Waals surface area contributed by atoms with E-state index < -0.39 is 6.03 Å². The predicted molar refractivity (Wildman–Crippen MR) is 119 cm³/mol. The van der Waals surface area contributed by atoms with Crippen LogP contribution < -0.4 is 24.8 Å². The number of aliphatic hydroxyl groups is 1. The largest absolute Gasteiger partial charge is 0.497 e. The second kappa shape index (κ2) is 11.1. The predicted octanol–water partition coefficient (Wildman–Crippen LogP) is 2.99. The topological polar surface area (TPSA) is 92.3 Å². The van der Waals surface area contributed by atoms with E-state index in [1.165, 1.54) is 0 Å². The number of likely N-dealkylation sites (tertiary alicyclic amines) is 1. The van der Waals surface area contributed by atoms with E-state index in [1.54, 1.807) is 44.6 Å². The number of anilines is 1. The Morgan fingerprint density at radius 3 is 2.35 bits per heavy atom. The van der Waals surface area contributed by atoms with Crippen molar-refractivity contribution in [3.05, 3.63) is 47.5 Å². The lowest BCUT2D eigenvalue weighted by atomic mass is 10.1. The van der Waals surface area contributed by atoms with Crippen molar-refractivity contribution in [1.82, 2.24) is 10.2 Å². The summed E-state index contributed by atoms with van der Waals surface area (Å²) in [5, 5.41) is 15.9. The Balaban J connectivity index is 1.39. The van der Waals surface area contributed by atoms with Crippen molar-refractivity contribution in [3.8, 4) is 17.2 Å². The zero-order valence-electron chi connectivity index (χ0n) is 17.6. The molecule has 1 atom stereocenters. The van der Waals surface area contributed by atoms with Gasteiger partial charge >= 0.3 is 6.03 Å². The zero-order chi connectivity index (χ0) is 22.2. The van der Waals surface area contributed by atoms with Gasteiger partial charge in [0.15, 0.2) is 0 Å². The van der Waals surface area contributed by atoms with E-state index in [0.717, 1.165) is 25.4 Å². The molecule has 3 rings (SSSR count). The van der Waals surface area contributed by atoms with Gasteiger partial charge in [0.05, 0.1) is 26.9 Å². The quantitative estimate of drug-likeness (QED) is 0.516. The highest BCUT2D eigenvalue weighted by Crippen LogP contribution is 2.25. The van der Waals surface area contributed by atoms with E-state index >= 15 is 0 Å². The van der Waals surface area contributed by atoms with E-state index in [0.29, 0.717) is 28.6 Å². The summed E-state index contributed by atoms with van der Waals surface area (Å²) in [7, 11) is 3.09. The number of benzene rings is 2. The Kier molecular flexibility index (Phi) is 8.22. The van der Waals surface area contributed by atoms with Gasteiger partial charge in [0.1, 0.15) is 23.4 Å². The zero-order valence-corrected chi connectivity index (χ0v) is 18.4. The van der Waals surface area contributed by atoms with Crippen LogP contribution in [-0.4, -0.2) is 68.6 Å². The molecule has 2 amide bonds. The standard InChI is InChI=1S/C22H28ClN3O5/c1-29-19-9-17(10-20(11-19)30-2)25-22(28)24-16(14-27)7-8-26-12-21(13-26)31-18-5-3-15(23)4-6-18/h3-6,9-11,16,21,27H,7-8,12-14H2,1-2H3,(H2,24,25,28). The van der Waals surface area contributed by atoms with Gasteiger partial charge in [-0.1, -0.05) is 11.6 Å². The number of aliphatic hydroxyl groups excluding tert-OH is 1. The van der Waals surface area contributed by atoms with Crippen molar-refractivity contribution in [3.63, 3.8) is 0 Å². The number of nitrogens with one attached hydrogen (secondary N) is 2. The summed E-state index contributed by atoms with van der Waals surface area (Å²) >= 11 is 5.88. The monoisotopic (exact) mass is 449 g/mol. The molecule has 1 fully saturated rings. The van der Waals surface area contributed by atoms with Crippen LogP contribution in [0.2, 0.25) is 5.02 Å². The van der Waals surface area contributed by atoms with Gasteiger partial charge in [-0.3, -0.25) is 4.90 Å². The molecule has 1 unspecified atom stereocenters. The van der Waals surface area contributed by atoms with E-state index in [-0.39, 0.29) is 18.8 Å². The summed E-state index contributed by atoms with van der Waals surface area (Å²) in [6.07, 6.45) is 0.756. The fourth-order valence-electron chi connectivity index (χ4n) is 3.26. The minimum Gasteiger partial charge on any atom is -0.497 e. The number of ether oxygens (including phenoxy) is 3. The van der Waals surface area contributed by atoms with Crippen LogP contribution >= 0.6 is 11.6 Å². The molecule has 0 saturated carbocycles. The molecule has 168 valence electrons. The third kappa shape index (κ3) is 6.92. The Morgan fingerprint density at radius 2 is 1.77 bits per heavy atom. The van der Waals surface area contributed by atoms with Gasteiger partial charge in [0.25, 0.3) is 0 Å². The average Bonchev–Trinajstić information content (AvgIpc) is 2.75. The molecule has 0 radical (unpaired) electrons. The lowest BCUT2D eigenvalue weighted by Crippen LogP contribution is -2.55. The molecule has 2 aromatic carbocycles. The molecule has 0 aromatic heterocycles. The molecule has 1 saturated heterocycles. The molecule has 2 aromatic rings. The van der Waals surface area contributed by atoms with Crippen molar-refractivity contribution >= 4 is 23.3 Å². The highest BCUT2D eigenvalue weighted by molar-refractivity contribution is 6.30. The van der Waals surface area contributed by atoms with Gasteiger partial charge in [-0.2, -0.15) is 0 Å². The fourth-order valence-corrected chi connectivity index (χ4v) is 3.39. The summed E-state index contributed by atoms with van der Waals surface area (Å²) in [5.41, 5.74) is 0.537. The second-order valence-corrected chi connectivity index (χ2v) is 7.76. The normalized spacial score (nSPS) is 15.0. The van der Waals surface area contributed by atoms with Gasteiger partial charge < -0.3 is 30.0 Å². The molecule has 1 aliphatic heterocycles. The van der Waals surface area contributed by atoms with Crippen molar-refractivity contribution in [1.29, 1.82) is 0 Å². The molecule has 31 heavy (non-hydrogen) atoms. The first-order valence-corrected chi connectivity index (χ1v) is 10.4. The summed E-state index contributed by atoms with van der Waals surface area (Å²) in [6, 6.07) is 11.7. The summed E-state index contributed by atoms with van der Waals surface area (Å²) in [5.74, 6) is 1.94. The van der Waals surface area contributed by atoms with E-state index in [4.69, 9.17) is 25.8 Å². The van der Waals surface area contributed by atoms with Crippen LogP contribution in [0.1, 0.15) is 6.42 Å². The number of carbonyl (C=O) groups is 1. The molecule has 1 aliphatic rings. The maximum atomic E-state index is 12.3. The van der Waals surface area contributed by atoms with Gasteiger partial charge in [0.2, 0.25) is 0 Å². The molecule has 1 heterocycles. The van der Waals surface area contributed by atoms with Gasteiger partial charge in [-0.15, -0.1) is 0 Å². The fraction of sp³-hybridized carbons (Fsp3) is 0.409. The summed E-state index contributed by atoms with van der Waals surface area (Å²) in [4.78, 5) is 14.5. The maximum absolute atomic E-state index is 12.3. The number of hydrogen-bond acceptors (Lipinski definition) is 6. The van der Waals surface area contributed by atoms with Gasteiger partial charge in [-0.25, -0.2) is 4.79 Å². The lowest BCUT2D eigenvalue weighted by Gasteiger charge is -2.39. The first kappa shape index (κ1) is 23.0. The molecular formula is C22H28ClN3O5. The molecular weight excluding hydrogens is 422 g/mol. The van der Waals surface area contributed by atoms with Crippen LogP contribution in [0.15, 0.2) is 42.5 Å². The number of rotatable bonds is 10. The number of urea groups is 1. The van der Waals surface area contributed by atoms with Crippen LogP contribution in [0, 0.1) is 0 Å². The van der Waals surface area contributed by atoms with Crippen molar-refractivity contribution in [2.45, 2.75) is 18.6 Å². The van der Waals surface area contributed by atoms with Crippen molar-refractivity contribution in [2.24, 2.45) is 0 Å². The third-order valence-electron chi connectivity index (χ3n) is 5.00. The highest BCUT2D eigenvalue weighted by atomic mass is 35.5. The number of nitrogens with zero attached hydrogens (tertiary/aromatic N) is 1. The highest BCUT2D eigenvalue weighted by Gasteiger charge is 2.28. The van der Waals surface area contributed by atoms with Crippen molar-refractivity contribution < 1.29 is 24.1 Å². The van der Waals surface area contributed by atoms with E-state index in [2.05, 4.69) is 15.5 Å². The SMILES string of the molecule is COc1cc(NC(=O)NC(CO)CCN2CC(Oc3ccc(Cl)cc3)C2)cc(OC)c1. The van der Waals surface area contributed by atoms with E-state index in [1.807, 2.05) is 12.1 Å². The summed E-state index contributed by atoms with van der Waals surface area (Å²) in [6.45, 7) is 2.21. The second-order valence-electron chi connectivity index (χ2n) is 7.32. The maximum Gasteiger partial charge on any atom is 0.319 e.